The van der Waals surface area contributed by atoms with Crippen LogP contribution in [0.15, 0.2) is 78.0 Å². The van der Waals surface area contributed by atoms with Crippen LogP contribution < -0.4 is 47.6 Å². The zero-order chi connectivity index (χ0) is 20.6. The first-order valence-electron chi connectivity index (χ1n) is 10.4. The Morgan fingerprint density at radius 1 is 0.667 bits per heavy atom. The van der Waals surface area contributed by atoms with Gasteiger partial charge in [-0.15, -0.1) is 29.0 Å². The average Bonchev–Trinajstić information content (AvgIpc) is 3.17. The molecule has 0 aromatic heterocycles. The van der Waals surface area contributed by atoms with Crippen molar-refractivity contribution in [3.8, 4) is 0 Å². The van der Waals surface area contributed by atoms with Gasteiger partial charge in [0.2, 0.25) is 0 Å². The van der Waals surface area contributed by atoms with Crippen LogP contribution >= 0.6 is 0 Å². The standard InChI is InChI=1S/C28H29Si.3ClH.Ti/c1-20-14-21(2)17-25(16-20)29(5,26-18-22(3)15-23(4)19-26)28-13-9-12-27(28)24-10-7-6-8-11-24;;;;/h6-8,10-11,13-19H,9H2,1-5H3;3*1H;/q-1;;;;+4/p-3. The Bertz CT molecular complexity index is 1050. The van der Waals surface area contributed by atoms with Crippen molar-refractivity contribution in [2.75, 3.05) is 0 Å². The summed E-state index contributed by atoms with van der Waals surface area (Å²) in [4.78, 5) is 0. The molecule has 4 rings (SSSR count). The van der Waals surface area contributed by atoms with Crippen LogP contribution in [0.2, 0.25) is 6.55 Å². The van der Waals surface area contributed by atoms with Crippen molar-refractivity contribution in [3.05, 3.63) is 112 Å². The molecule has 0 radical (unpaired) electrons. The van der Waals surface area contributed by atoms with Gasteiger partial charge in [0.05, 0.1) is 8.07 Å². The molecule has 0 saturated carbocycles. The van der Waals surface area contributed by atoms with Crippen LogP contribution in [-0.4, -0.2) is 8.07 Å². The Morgan fingerprint density at radius 2 is 1.09 bits per heavy atom. The number of rotatable bonds is 4. The third-order valence-corrected chi connectivity index (χ3v) is 10.5. The third kappa shape index (κ3) is 6.54. The van der Waals surface area contributed by atoms with Crippen LogP contribution in [0.5, 0.6) is 0 Å². The number of halogens is 3. The van der Waals surface area contributed by atoms with Crippen molar-refractivity contribution in [1.29, 1.82) is 0 Å². The molecule has 3 aromatic rings. The zero-order valence-corrected chi connectivity index (χ0v) is 24.6. The van der Waals surface area contributed by atoms with Crippen LogP contribution in [-0.2, 0) is 21.7 Å². The second-order valence-corrected chi connectivity index (χ2v) is 12.6. The maximum absolute atomic E-state index is 3.69. The van der Waals surface area contributed by atoms with Gasteiger partial charge in [-0.05, 0) is 27.7 Å². The summed E-state index contributed by atoms with van der Waals surface area (Å²) in [6, 6.07) is 25.0. The first-order valence-corrected chi connectivity index (χ1v) is 12.9. The van der Waals surface area contributed by atoms with Gasteiger partial charge in [0, 0.05) is 0 Å². The van der Waals surface area contributed by atoms with Gasteiger partial charge in [0.1, 0.15) is 0 Å². The molecule has 0 atom stereocenters. The first-order chi connectivity index (χ1) is 13.9. The van der Waals surface area contributed by atoms with Crippen molar-refractivity contribution >= 4 is 24.0 Å². The van der Waals surface area contributed by atoms with Crippen LogP contribution in [0.3, 0.4) is 0 Å². The van der Waals surface area contributed by atoms with E-state index < -0.39 is 8.07 Å². The van der Waals surface area contributed by atoms with Crippen LogP contribution in [0, 0.1) is 33.8 Å². The molecule has 0 saturated heterocycles. The molecule has 0 spiro atoms. The predicted molar refractivity (Wildman–Crippen MR) is 129 cm³/mol. The normalized spacial score (nSPS) is 12.3. The fraction of sp³-hybridized carbons (Fsp3) is 0.214. The van der Waals surface area contributed by atoms with E-state index in [0.717, 1.165) is 6.42 Å². The Kier molecular flexibility index (Phi) is 12.7. The average molecular weight is 548 g/mol. The maximum atomic E-state index is 3.69. The Balaban J connectivity index is 0.00000256. The van der Waals surface area contributed by atoms with Gasteiger partial charge < -0.3 is 37.2 Å². The van der Waals surface area contributed by atoms with Gasteiger partial charge >= 0.3 is 21.7 Å². The largest absolute Gasteiger partial charge is 4.00 e. The second-order valence-electron chi connectivity index (χ2n) is 8.62. The topological polar surface area (TPSA) is 0 Å². The summed E-state index contributed by atoms with van der Waals surface area (Å²) in [5, 5.41) is 4.48. The summed E-state index contributed by atoms with van der Waals surface area (Å²) in [6.45, 7) is 11.4. The van der Waals surface area contributed by atoms with Gasteiger partial charge in [0.15, 0.2) is 0 Å². The quantitative estimate of drug-likeness (QED) is 0.240. The summed E-state index contributed by atoms with van der Waals surface area (Å²) in [5.41, 5.74) is 7.96. The molecule has 0 aliphatic heterocycles. The number of hydrogen-bond donors (Lipinski definition) is 0. The predicted octanol–water partition coefficient (Wildman–Crippen LogP) is -3.12. The van der Waals surface area contributed by atoms with Crippen LogP contribution in [0.25, 0.3) is 5.57 Å². The van der Waals surface area contributed by atoms with E-state index >= 15 is 0 Å². The van der Waals surface area contributed by atoms with Gasteiger partial charge in [-0.2, -0.15) is 11.6 Å². The van der Waals surface area contributed by atoms with E-state index in [2.05, 4.69) is 113 Å². The molecule has 0 amide bonds. The van der Waals surface area contributed by atoms with Crippen molar-refractivity contribution in [3.63, 3.8) is 0 Å². The molecule has 0 heterocycles. The SMILES string of the molecule is Cc1cc(C)cc([Si](C)(C2=CC[C-]=C2c2ccccc2)c2cc(C)cc(C)c2)c1.[Cl-].[Cl-].[Cl-].[Ti+4]. The number of hydrogen-bond acceptors (Lipinski definition) is 0. The summed E-state index contributed by atoms with van der Waals surface area (Å²) in [7, 11) is -2.18. The monoisotopic (exact) mass is 546 g/mol. The van der Waals surface area contributed by atoms with E-state index in [1.165, 1.54) is 49.0 Å². The molecule has 0 bridgehead atoms. The minimum Gasteiger partial charge on any atom is -1.00 e. The van der Waals surface area contributed by atoms with Crippen molar-refractivity contribution < 1.29 is 58.9 Å². The molecule has 0 unspecified atom stereocenters. The smallest absolute Gasteiger partial charge is 1.00 e. The number of benzene rings is 3. The minimum atomic E-state index is -2.18. The van der Waals surface area contributed by atoms with Crippen LogP contribution in [0.4, 0.5) is 0 Å². The molecule has 0 N–H and O–H groups in total. The Labute approximate surface area is 234 Å². The van der Waals surface area contributed by atoms with Crippen molar-refractivity contribution in [2.24, 2.45) is 0 Å². The summed E-state index contributed by atoms with van der Waals surface area (Å²) in [5.74, 6) is 0. The first kappa shape index (κ1) is 31.9. The summed E-state index contributed by atoms with van der Waals surface area (Å²) >= 11 is 0. The molecule has 33 heavy (non-hydrogen) atoms. The van der Waals surface area contributed by atoms with Crippen LogP contribution in [0.1, 0.15) is 34.2 Å². The molecule has 0 fully saturated rings. The van der Waals surface area contributed by atoms with E-state index in [4.69, 9.17) is 0 Å². The molecular weight excluding hydrogens is 519 g/mol. The third-order valence-electron chi connectivity index (χ3n) is 6.05. The fourth-order valence-electron chi connectivity index (χ4n) is 4.77. The van der Waals surface area contributed by atoms with E-state index in [1.807, 2.05) is 0 Å². The van der Waals surface area contributed by atoms with Gasteiger partial charge in [-0.1, -0.05) is 100 Å². The Morgan fingerprint density at radius 3 is 1.52 bits per heavy atom. The van der Waals surface area contributed by atoms with E-state index in [-0.39, 0.29) is 58.9 Å². The molecule has 1 aliphatic carbocycles. The van der Waals surface area contributed by atoms with Gasteiger partial charge in [0.25, 0.3) is 0 Å². The molecule has 1 aliphatic rings. The van der Waals surface area contributed by atoms with E-state index in [1.54, 1.807) is 0 Å². The molecule has 170 valence electrons. The molecular formula is C28H29Cl3SiTi. The fourth-order valence-corrected chi connectivity index (χ4v) is 9.04. The minimum absolute atomic E-state index is 0. The molecule has 0 nitrogen and oxygen atoms in total. The maximum Gasteiger partial charge on any atom is 4.00 e. The summed E-state index contributed by atoms with van der Waals surface area (Å²) < 4.78 is 0. The number of allylic oxidation sites excluding steroid dienone is 4. The van der Waals surface area contributed by atoms with Gasteiger partial charge in [-0.3, -0.25) is 0 Å². The molecule has 3 aromatic carbocycles. The van der Waals surface area contributed by atoms with Crippen molar-refractivity contribution in [2.45, 2.75) is 40.7 Å². The van der Waals surface area contributed by atoms with Crippen molar-refractivity contribution in [1.82, 2.24) is 0 Å². The number of aryl methyl sites for hydroxylation is 4. The zero-order valence-electron chi connectivity index (χ0n) is 19.8. The molecule has 5 heteroatoms. The second kappa shape index (κ2) is 13.1. The van der Waals surface area contributed by atoms with E-state index in [9.17, 15) is 0 Å². The van der Waals surface area contributed by atoms with Gasteiger partial charge in [-0.25, -0.2) is 0 Å². The summed E-state index contributed by atoms with van der Waals surface area (Å²) in [6.07, 6.45) is 7.02. The van der Waals surface area contributed by atoms with E-state index in [0.29, 0.717) is 0 Å². The Hall–Kier alpha value is -1.06.